The summed E-state index contributed by atoms with van der Waals surface area (Å²) in [6.07, 6.45) is 6.55. The van der Waals surface area contributed by atoms with Crippen LogP contribution in [0, 0.1) is 5.92 Å². The molecule has 2 N–H and O–H groups in total. The van der Waals surface area contributed by atoms with E-state index in [0.29, 0.717) is 6.54 Å². The number of β-amino-alcohol motifs (C(OH)–C–C–N with tert-alkyl or cyclic N) is 1. The van der Waals surface area contributed by atoms with Gasteiger partial charge in [0.15, 0.2) is 0 Å². The molecule has 2 rings (SSSR count). The highest BCUT2D eigenvalue weighted by Gasteiger charge is 2.22. The molecule has 0 aromatic heterocycles. The minimum Gasteiger partial charge on any atom is -0.391 e. The van der Waals surface area contributed by atoms with Crippen molar-refractivity contribution in [3.8, 4) is 0 Å². The third-order valence-corrected chi connectivity index (χ3v) is 3.74. The van der Waals surface area contributed by atoms with E-state index < -0.39 is 0 Å². The summed E-state index contributed by atoms with van der Waals surface area (Å²) in [7, 11) is 0. The van der Waals surface area contributed by atoms with Gasteiger partial charge >= 0.3 is 6.03 Å². The van der Waals surface area contributed by atoms with Gasteiger partial charge in [-0.15, -0.1) is 0 Å². The second-order valence-electron chi connectivity index (χ2n) is 5.06. The molecule has 2 fully saturated rings. The first kappa shape index (κ1) is 11.7. The minimum atomic E-state index is -0.328. The summed E-state index contributed by atoms with van der Waals surface area (Å²) in [6.45, 7) is 2.07. The molecule has 1 saturated carbocycles. The molecule has 0 aromatic carbocycles. The summed E-state index contributed by atoms with van der Waals surface area (Å²) in [5.74, 6) is 0.840. The predicted molar refractivity (Wildman–Crippen MR) is 62.2 cm³/mol. The van der Waals surface area contributed by atoms with Crippen LogP contribution in [0.5, 0.6) is 0 Å². The fourth-order valence-corrected chi connectivity index (χ4v) is 2.42. The molecule has 0 radical (unpaired) electrons. The number of likely N-dealkylation sites (tertiary alicyclic amines) is 1. The lowest BCUT2D eigenvalue weighted by atomic mass is 9.83. The maximum Gasteiger partial charge on any atom is 0.317 e. The molecule has 2 aliphatic rings. The molecule has 1 unspecified atom stereocenters. The minimum absolute atomic E-state index is 0.00178. The molecule has 1 aliphatic carbocycles. The van der Waals surface area contributed by atoms with Crippen LogP contribution in [0.1, 0.15) is 38.5 Å². The van der Waals surface area contributed by atoms with Gasteiger partial charge in [-0.3, -0.25) is 0 Å². The van der Waals surface area contributed by atoms with Crippen LogP contribution in [0.3, 0.4) is 0 Å². The van der Waals surface area contributed by atoms with Gasteiger partial charge in [-0.1, -0.05) is 19.3 Å². The first-order chi connectivity index (χ1) is 7.75. The van der Waals surface area contributed by atoms with Gasteiger partial charge in [-0.05, 0) is 25.2 Å². The van der Waals surface area contributed by atoms with Gasteiger partial charge in [0.1, 0.15) is 0 Å². The third kappa shape index (κ3) is 3.11. The van der Waals surface area contributed by atoms with E-state index in [1.54, 1.807) is 4.90 Å². The zero-order chi connectivity index (χ0) is 11.4. The highest BCUT2D eigenvalue weighted by atomic mass is 16.3. The van der Waals surface area contributed by atoms with Crippen molar-refractivity contribution in [2.75, 3.05) is 19.6 Å². The van der Waals surface area contributed by atoms with Crippen LogP contribution in [0.15, 0.2) is 0 Å². The van der Waals surface area contributed by atoms with E-state index in [2.05, 4.69) is 5.32 Å². The van der Waals surface area contributed by atoms with Crippen molar-refractivity contribution < 1.29 is 9.90 Å². The Kier molecular flexibility index (Phi) is 4.04. The van der Waals surface area contributed by atoms with Crippen molar-refractivity contribution in [1.82, 2.24) is 10.2 Å². The molecule has 0 spiro atoms. The van der Waals surface area contributed by atoms with Crippen molar-refractivity contribution in [3.05, 3.63) is 0 Å². The van der Waals surface area contributed by atoms with Crippen LogP contribution < -0.4 is 5.32 Å². The smallest absolute Gasteiger partial charge is 0.317 e. The zero-order valence-corrected chi connectivity index (χ0v) is 9.82. The lowest BCUT2D eigenvalue weighted by Crippen LogP contribution is -2.47. The summed E-state index contributed by atoms with van der Waals surface area (Å²) in [6, 6.07) is -0.00178. The molecule has 1 atom stereocenters. The number of aliphatic hydroxyl groups excluding tert-OH is 1. The maximum absolute atomic E-state index is 11.7. The van der Waals surface area contributed by atoms with Crippen molar-refractivity contribution >= 4 is 6.03 Å². The number of hydrogen-bond acceptors (Lipinski definition) is 2. The summed E-state index contributed by atoms with van der Waals surface area (Å²) >= 11 is 0. The average Bonchev–Trinajstić information content (AvgIpc) is 2.21. The number of carbonyl (C=O) groups excluding carboxylic acids is 1. The lowest BCUT2D eigenvalue weighted by Gasteiger charge is -2.31. The molecule has 4 heteroatoms. The first-order valence-electron chi connectivity index (χ1n) is 6.46. The summed E-state index contributed by atoms with van der Waals surface area (Å²) in [4.78, 5) is 13.5. The van der Waals surface area contributed by atoms with Gasteiger partial charge < -0.3 is 15.3 Å². The molecule has 1 heterocycles. The number of hydrogen-bond donors (Lipinski definition) is 2. The van der Waals surface area contributed by atoms with Crippen LogP contribution in [-0.4, -0.2) is 41.8 Å². The Morgan fingerprint density at radius 2 is 2.12 bits per heavy atom. The molecular weight excluding hydrogens is 204 g/mol. The van der Waals surface area contributed by atoms with Crippen LogP contribution >= 0.6 is 0 Å². The van der Waals surface area contributed by atoms with E-state index in [1.807, 2.05) is 0 Å². The van der Waals surface area contributed by atoms with Crippen LogP contribution in [-0.2, 0) is 0 Å². The van der Waals surface area contributed by atoms with E-state index in [4.69, 9.17) is 0 Å². The normalized spacial score (nSPS) is 26.3. The number of nitrogens with zero attached hydrogens (tertiary/aromatic N) is 1. The molecule has 1 aliphatic heterocycles. The Bertz CT molecular complexity index is 241. The Labute approximate surface area is 97.0 Å². The number of amides is 2. The van der Waals surface area contributed by atoms with Crippen molar-refractivity contribution in [3.63, 3.8) is 0 Å². The topological polar surface area (TPSA) is 52.6 Å². The Balaban J connectivity index is 1.62. The SMILES string of the molecule is O=C(NCCC1CCC1)N1CCCC(O)C1. The van der Waals surface area contributed by atoms with E-state index in [0.717, 1.165) is 38.3 Å². The predicted octanol–water partition coefficient (Wildman–Crippen LogP) is 1.34. The van der Waals surface area contributed by atoms with Crippen molar-refractivity contribution in [1.29, 1.82) is 0 Å². The van der Waals surface area contributed by atoms with E-state index in [-0.39, 0.29) is 12.1 Å². The highest BCUT2D eigenvalue weighted by molar-refractivity contribution is 5.74. The molecule has 1 saturated heterocycles. The standard InChI is InChI=1S/C12H22N2O2/c15-11-5-2-8-14(9-11)12(16)13-7-6-10-3-1-4-10/h10-11,15H,1-9H2,(H,13,16). The fraction of sp³-hybridized carbons (Fsp3) is 0.917. The van der Waals surface area contributed by atoms with E-state index >= 15 is 0 Å². The number of carbonyl (C=O) groups is 1. The summed E-state index contributed by atoms with van der Waals surface area (Å²) in [5, 5.41) is 12.4. The van der Waals surface area contributed by atoms with Crippen molar-refractivity contribution in [2.24, 2.45) is 5.92 Å². The van der Waals surface area contributed by atoms with Gasteiger partial charge in [-0.2, -0.15) is 0 Å². The quantitative estimate of drug-likeness (QED) is 0.763. The Morgan fingerprint density at radius 1 is 1.31 bits per heavy atom. The van der Waals surface area contributed by atoms with Gasteiger partial charge in [0.25, 0.3) is 0 Å². The number of rotatable bonds is 3. The molecular formula is C12H22N2O2. The van der Waals surface area contributed by atoms with Gasteiger partial charge in [0.05, 0.1) is 6.10 Å². The Hall–Kier alpha value is -0.770. The monoisotopic (exact) mass is 226 g/mol. The number of aliphatic hydroxyl groups is 1. The lowest BCUT2D eigenvalue weighted by molar-refractivity contribution is 0.0840. The van der Waals surface area contributed by atoms with Gasteiger partial charge in [-0.25, -0.2) is 4.79 Å². The average molecular weight is 226 g/mol. The number of piperidine rings is 1. The zero-order valence-electron chi connectivity index (χ0n) is 9.82. The molecule has 0 aromatic rings. The second kappa shape index (κ2) is 5.53. The molecule has 0 bridgehead atoms. The van der Waals surface area contributed by atoms with Crippen molar-refractivity contribution in [2.45, 2.75) is 44.6 Å². The van der Waals surface area contributed by atoms with Crippen LogP contribution in [0.4, 0.5) is 4.79 Å². The number of nitrogens with one attached hydrogen (secondary N) is 1. The molecule has 92 valence electrons. The molecule has 16 heavy (non-hydrogen) atoms. The van der Waals surface area contributed by atoms with E-state index in [9.17, 15) is 9.90 Å². The molecule has 4 nitrogen and oxygen atoms in total. The van der Waals surface area contributed by atoms with Gasteiger partial charge in [0, 0.05) is 19.6 Å². The maximum atomic E-state index is 11.7. The summed E-state index contributed by atoms with van der Waals surface area (Å²) < 4.78 is 0. The molecule has 2 amide bonds. The van der Waals surface area contributed by atoms with E-state index in [1.165, 1.54) is 19.3 Å². The fourth-order valence-electron chi connectivity index (χ4n) is 2.42. The summed E-state index contributed by atoms with van der Waals surface area (Å²) in [5.41, 5.74) is 0. The highest BCUT2D eigenvalue weighted by Crippen LogP contribution is 2.28. The third-order valence-electron chi connectivity index (χ3n) is 3.74. The van der Waals surface area contributed by atoms with Crippen LogP contribution in [0.2, 0.25) is 0 Å². The number of urea groups is 1. The van der Waals surface area contributed by atoms with Gasteiger partial charge in [0.2, 0.25) is 0 Å². The van der Waals surface area contributed by atoms with Crippen LogP contribution in [0.25, 0.3) is 0 Å². The largest absolute Gasteiger partial charge is 0.391 e. The second-order valence-corrected chi connectivity index (χ2v) is 5.06. The Morgan fingerprint density at radius 3 is 2.75 bits per heavy atom. The first-order valence-corrected chi connectivity index (χ1v) is 6.46.